The van der Waals surface area contributed by atoms with Crippen molar-refractivity contribution in [2.45, 2.75) is 27.1 Å². The number of amides is 1. The molecule has 0 bridgehead atoms. The molecule has 41 heavy (non-hydrogen) atoms. The number of ether oxygens (including phenoxy) is 2. The number of halogens is 2. The Morgan fingerprint density at radius 1 is 0.878 bits per heavy atom. The number of alkyl halides is 2. The van der Waals surface area contributed by atoms with Gasteiger partial charge in [0.2, 0.25) is 0 Å². The number of oxazole rings is 1. The molecule has 3 aromatic carbocycles. The van der Waals surface area contributed by atoms with E-state index in [1.807, 2.05) is 61.0 Å². The van der Waals surface area contributed by atoms with Crippen LogP contribution in [0.4, 0.5) is 8.78 Å². The summed E-state index contributed by atoms with van der Waals surface area (Å²) in [5.74, 6) is 1.30. The van der Waals surface area contributed by atoms with Crippen molar-refractivity contribution in [3.05, 3.63) is 89.8 Å². The predicted octanol–water partition coefficient (Wildman–Crippen LogP) is 6.81. The van der Waals surface area contributed by atoms with E-state index in [-0.39, 0.29) is 17.4 Å². The molecule has 2 aromatic heterocycles. The van der Waals surface area contributed by atoms with Gasteiger partial charge in [0.25, 0.3) is 5.91 Å². The quantitative estimate of drug-likeness (QED) is 0.237. The number of aromatic nitrogens is 3. The molecule has 208 valence electrons. The van der Waals surface area contributed by atoms with Crippen molar-refractivity contribution in [2.24, 2.45) is 0 Å². The number of nitrogens with zero attached hydrogens (tertiary/aromatic N) is 4. The molecule has 0 radical (unpaired) electrons. The van der Waals surface area contributed by atoms with Gasteiger partial charge in [-0.1, -0.05) is 18.2 Å². The molecule has 8 nitrogen and oxygen atoms in total. The highest BCUT2D eigenvalue weighted by Gasteiger charge is 2.43. The van der Waals surface area contributed by atoms with Crippen LogP contribution in [0, 0.1) is 20.8 Å². The van der Waals surface area contributed by atoms with Crippen LogP contribution in [0.15, 0.2) is 71.3 Å². The smallest absolute Gasteiger partial charge is 0.440 e. The summed E-state index contributed by atoms with van der Waals surface area (Å²) in [5.41, 5.74) is 5.64. The number of rotatable bonds is 5. The molecule has 10 heteroatoms. The topological polar surface area (TPSA) is 82.6 Å². The van der Waals surface area contributed by atoms with Gasteiger partial charge in [-0.05, 0) is 67.4 Å². The molecule has 5 aromatic rings. The van der Waals surface area contributed by atoms with E-state index in [1.165, 1.54) is 17.0 Å². The van der Waals surface area contributed by atoms with Crippen LogP contribution in [0.1, 0.15) is 27.8 Å². The van der Waals surface area contributed by atoms with Crippen molar-refractivity contribution < 1.29 is 27.5 Å². The Balaban J connectivity index is 1.54. The summed E-state index contributed by atoms with van der Waals surface area (Å²) < 4.78 is 44.7. The molecule has 0 aliphatic carbocycles. The third-order valence-corrected chi connectivity index (χ3v) is 6.76. The normalized spacial score (nSPS) is 13.4. The van der Waals surface area contributed by atoms with Gasteiger partial charge in [-0.25, -0.2) is 9.97 Å². The zero-order chi connectivity index (χ0) is 29.1. The molecule has 0 saturated carbocycles. The van der Waals surface area contributed by atoms with Gasteiger partial charge in [-0.15, -0.1) is 8.78 Å². The Bertz CT molecular complexity index is 1820. The zero-order valence-electron chi connectivity index (χ0n) is 23.0. The van der Waals surface area contributed by atoms with Crippen molar-refractivity contribution in [3.8, 4) is 50.9 Å². The molecule has 0 saturated heterocycles. The van der Waals surface area contributed by atoms with E-state index < -0.39 is 6.29 Å². The Morgan fingerprint density at radius 3 is 2.34 bits per heavy atom. The van der Waals surface area contributed by atoms with Crippen LogP contribution in [0.3, 0.4) is 0 Å². The Labute approximate surface area is 234 Å². The lowest BCUT2D eigenvalue weighted by Crippen LogP contribution is -2.25. The van der Waals surface area contributed by atoms with Gasteiger partial charge in [0.05, 0.1) is 11.4 Å². The fourth-order valence-corrected chi connectivity index (χ4v) is 4.96. The van der Waals surface area contributed by atoms with Crippen molar-refractivity contribution in [1.82, 2.24) is 19.4 Å². The SMILES string of the molecule is Cc1cn(-c2ccc(-c3cccc(C(=O)N(C)C)c3)cc2-c2nc(C)oc2-c2ccc3c(c2)OC(F)(F)O3)c(C)n1. The summed E-state index contributed by atoms with van der Waals surface area (Å²) in [7, 11) is 3.42. The maximum atomic E-state index is 13.7. The molecule has 6 rings (SSSR count). The highest BCUT2D eigenvalue weighted by molar-refractivity contribution is 5.95. The molecule has 0 unspecified atom stereocenters. The largest absolute Gasteiger partial charge is 0.586 e. The average molecular weight is 557 g/mol. The second kappa shape index (κ2) is 9.58. The first-order valence-electron chi connectivity index (χ1n) is 12.9. The molecule has 0 fully saturated rings. The van der Waals surface area contributed by atoms with E-state index in [0.717, 1.165) is 33.9 Å². The summed E-state index contributed by atoms with van der Waals surface area (Å²) >= 11 is 0. The first-order chi connectivity index (χ1) is 19.5. The van der Waals surface area contributed by atoms with Crippen molar-refractivity contribution >= 4 is 5.91 Å². The van der Waals surface area contributed by atoms with Crippen LogP contribution in [0.25, 0.3) is 39.4 Å². The molecular weight excluding hydrogens is 530 g/mol. The predicted molar refractivity (Wildman–Crippen MR) is 148 cm³/mol. The molecule has 0 N–H and O–H groups in total. The fraction of sp³-hybridized carbons (Fsp3) is 0.194. The van der Waals surface area contributed by atoms with Crippen LogP contribution in [-0.2, 0) is 0 Å². The van der Waals surface area contributed by atoms with Gasteiger partial charge in [-0.2, -0.15) is 0 Å². The van der Waals surface area contributed by atoms with E-state index in [1.54, 1.807) is 33.2 Å². The summed E-state index contributed by atoms with van der Waals surface area (Å²) in [6.45, 7) is 5.55. The van der Waals surface area contributed by atoms with Crippen LogP contribution >= 0.6 is 0 Å². The number of carbonyl (C=O) groups excluding carboxylic acids is 1. The van der Waals surface area contributed by atoms with Crippen LogP contribution in [0.5, 0.6) is 11.5 Å². The number of aryl methyl sites for hydroxylation is 3. The molecular formula is C31H26F2N4O4. The summed E-state index contributed by atoms with van der Waals surface area (Å²) in [6.07, 6.45) is -1.80. The fourth-order valence-electron chi connectivity index (χ4n) is 4.96. The molecule has 1 aliphatic heterocycles. The Hall–Kier alpha value is -4.99. The molecule has 1 amide bonds. The lowest BCUT2D eigenvalue weighted by Gasteiger charge is -2.15. The highest BCUT2D eigenvalue weighted by Crippen LogP contribution is 2.45. The van der Waals surface area contributed by atoms with Gasteiger partial charge in [0, 0.05) is 43.9 Å². The molecule has 0 spiro atoms. The van der Waals surface area contributed by atoms with Gasteiger partial charge in [0.15, 0.2) is 23.1 Å². The number of hydrogen-bond donors (Lipinski definition) is 0. The van der Waals surface area contributed by atoms with Crippen LogP contribution in [0.2, 0.25) is 0 Å². The standard InChI is InChI=1S/C31H26F2N4O4/c1-17-16-37(18(2)34-17)25-11-9-21(20-7-6-8-23(13-20)30(38)36(4)5)14-24(25)28-29(39-19(3)35-28)22-10-12-26-27(15-22)41-31(32,33)40-26/h6-16H,1-5H3. The zero-order valence-corrected chi connectivity index (χ0v) is 23.0. The Morgan fingerprint density at radius 2 is 1.61 bits per heavy atom. The summed E-state index contributed by atoms with van der Waals surface area (Å²) in [5, 5.41) is 0. The summed E-state index contributed by atoms with van der Waals surface area (Å²) in [6, 6.07) is 17.8. The van der Waals surface area contributed by atoms with Crippen LogP contribution in [-0.4, -0.2) is 45.7 Å². The number of benzene rings is 3. The van der Waals surface area contributed by atoms with E-state index in [2.05, 4.69) is 14.5 Å². The average Bonchev–Trinajstić information content (AvgIpc) is 3.59. The van der Waals surface area contributed by atoms with Gasteiger partial charge in [-0.3, -0.25) is 4.79 Å². The number of carbonyl (C=O) groups is 1. The first kappa shape index (κ1) is 26.2. The first-order valence-corrected chi connectivity index (χ1v) is 12.9. The minimum Gasteiger partial charge on any atom is -0.440 e. The summed E-state index contributed by atoms with van der Waals surface area (Å²) in [4.78, 5) is 23.5. The number of hydrogen-bond acceptors (Lipinski definition) is 6. The lowest BCUT2D eigenvalue weighted by atomic mass is 9.96. The minimum atomic E-state index is -3.73. The van der Waals surface area contributed by atoms with Gasteiger partial charge in [0.1, 0.15) is 11.5 Å². The van der Waals surface area contributed by atoms with Crippen LogP contribution < -0.4 is 9.47 Å². The molecule has 3 heterocycles. The van der Waals surface area contributed by atoms with Crippen molar-refractivity contribution in [1.29, 1.82) is 0 Å². The van der Waals surface area contributed by atoms with Crippen molar-refractivity contribution in [3.63, 3.8) is 0 Å². The highest BCUT2D eigenvalue weighted by atomic mass is 19.3. The van der Waals surface area contributed by atoms with E-state index >= 15 is 0 Å². The van der Waals surface area contributed by atoms with E-state index in [9.17, 15) is 13.6 Å². The number of imidazole rings is 1. The van der Waals surface area contributed by atoms with Crippen molar-refractivity contribution in [2.75, 3.05) is 14.1 Å². The third kappa shape index (κ3) is 4.82. The molecule has 0 atom stereocenters. The number of fused-ring (bicyclic) bond motifs is 1. The second-order valence-electron chi connectivity index (χ2n) is 10.1. The maximum Gasteiger partial charge on any atom is 0.586 e. The van der Waals surface area contributed by atoms with Gasteiger partial charge < -0.3 is 23.4 Å². The molecule has 1 aliphatic rings. The van der Waals surface area contributed by atoms with E-state index in [4.69, 9.17) is 9.40 Å². The lowest BCUT2D eigenvalue weighted by molar-refractivity contribution is -0.286. The van der Waals surface area contributed by atoms with Gasteiger partial charge >= 0.3 is 6.29 Å². The Kier molecular flexibility index (Phi) is 6.13. The second-order valence-corrected chi connectivity index (χ2v) is 10.1. The minimum absolute atomic E-state index is 0.0594. The van der Waals surface area contributed by atoms with E-state index in [0.29, 0.717) is 28.5 Å². The third-order valence-electron chi connectivity index (χ3n) is 6.76. The monoisotopic (exact) mass is 556 g/mol. The maximum absolute atomic E-state index is 13.7.